The van der Waals surface area contributed by atoms with Gasteiger partial charge in [0.15, 0.2) is 0 Å². The van der Waals surface area contributed by atoms with Crippen molar-refractivity contribution >= 4 is 33.0 Å². The number of hydrogen-bond acceptors (Lipinski definition) is 2. The number of benzene rings is 8. The van der Waals surface area contributed by atoms with Gasteiger partial charge in [-0.2, -0.15) is 0 Å². The van der Waals surface area contributed by atoms with Crippen LogP contribution in [-0.2, 0) is 5.41 Å². The van der Waals surface area contributed by atoms with Gasteiger partial charge in [0.25, 0.3) is 0 Å². The molecule has 53 heavy (non-hydrogen) atoms. The number of aromatic nitrogens is 2. The second kappa shape index (κ2) is 10.5. The second-order valence-corrected chi connectivity index (χ2v) is 14.2. The molecule has 0 atom stereocenters. The summed E-state index contributed by atoms with van der Waals surface area (Å²) in [6.07, 6.45) is 0. The number of hydrogen-bond donors (Lipinski definition) is 0. The van der Waals surface area contributed by atoms with Crippen LogP contribution in [0.2, 0.25) is 0 Å². The van der Waals surface area contributed by atoms with E-state index in [9.17, 15) is 0 Å². The van der Waals surface area contributed by atoms with Crippen LogP contribution in [-0.4, -0.2) is 9.55 Å². The Morgan fingerprint density at radius 1 is 0.472 bits per heavy atom. The SMILES string of the molecule is c1ccc(-c2nc3ccccc3n2-c2cccc(-c3cccc4c3C3(c5ccccc5-c5ccccc53)c3ccc5c(oc6ccccc65)c3-4)c2)cc1. The number of nitrogens with zero attached hydrogens (tertiary/aromatic N) is 2. The summed E-state index contributed by atoms with van der Waals surface area (Å²) in [7, 11) is 0. The van der Waals surface area contributed by atoms with Crippen molar-refractivity contribution in [1.29, 1.82) is 0 Å². The molecule has 246 valence electrons. The predicted octanol–water partition coefficient (Wildman–Crippen LogP) is 12.6. The predicted molar refractivity (Wildman–Crippen MR) is 216 cm³/mol. The maximum Gasteiger partial charge on any atom is 0.145 e. The average molecular weight is 675 g/mol. The van der Waals surface area contributed by atoms with Gasteiger partial charge in [-0.3, -0.25) is 4.57 Å². The molecular weight excluding hydrogens is 645 g/mol. The van der Waals surface area contributed by atoms with Gasteiger partial charge in [0.1, 0.15) is 17.0 Å². The molecule has 12 rings (SSSR count). The Morgan fingerprint density at radius 3 is 1.98 bits per heavy atom. The molecule has 8 aromatic carbocycles. The fourth-order valence-corrected chi connectivity index (χ4v) is 9.58. The van der Waals surface area contributed by atoms with Gasteiger partial charge in [0.2, 0.25) is 0 Å². The minimum absolute atomic E-state index is 0.533. The van der Waals surface area contributed by atoms with Gasteiger partial charge in [-0.1, -0.05) is 152 Å². The Bertz CT molecular complexity index is 3080. The minimum atomic E-state index is -0.533. The van der Waals surface area contributed by atoms with Crippen LogP contribution in [0.15, 0.2) is 186 Å². The highest BCUT2D eigenvalue weighted by Gasteiger charge is 2.53. The largest absolute Gasteiger partial charge is 0.455 e. The van der Waals surface area contributed by atoms with Crippen LogP contribution in [0.4, 0.5) is 0 Å². The zero-order chi connectivity index (χ0) is 34.7. The van der Waals surface area contributed by atoms with Gasteiger partial charge in [-0.05, 0) is 80.4 Å². The molecule has 0 bridgehead atoms. The fourth-order valence-electron chi connectivity index (χ4n) is 9.58. The molecule has 0 unspecified atom stereocenters. The van der Waals surface area contributed by atoms with Crippen LogP contribution < -0.4 is 0 Å². The minimum Gasteiger partial charge on any atom is -0.455 e. The first kappa shape index (κ1) is 28.7. The lowest BCUT2D eigenvalue weighted by atomic mass is 9.68. The molecule has 0 saturated heterocycles. The van der Waals surface area contributed by atoms with E-state index in [0.717, 1.165) is 55.6 Å². The summed E-state index contributed by atoms with van der Waals surface area (Å²) in [5.41, 5.74) is 18.1. The first-order chi connectivity index (χ1) is 26.3. The third-order valence-electron chi connectivity index (χ3n) is 11.6. The summed E-state index contributed by atoms with van der Waals surface area (Å²) in [6.45, 7) is 0. The summed E-state index contributed by atoms with van der Waals surface area (Å²) < 4.78 is 9.14. The molecule has 0 N–H and O–H groups in total. The Hall–Kier alpha value is -6.97. The van der Waals surface area contributed by atoms with Crippen molar-refractivity contribution in [3.8, 4) is 50.5 Å². The smallest absolute Gasteiger partial charge is 0.145 e. The van der Waals surface area contributed by atoms with Gasteiger partial charge in [0, 0.05) is 27.6 Å². The molecule has 0 aliphatic heterocycles. The van der Waals surface area contributed by atoms with E-state index in [1.807, 2.05) is 0 Å². The van der Waals surface area contributed by atoms with Crippen LogP contribution in [0.25, 0.3) is 83.4 Å². The van der Waals surface area contributed by atoms with Gasteiger partial charge < -0.3 is 4.42 Å². The molecule has 3 nitrogen and oxygen atoms in total. The van der Waals surface area contributed by atoms with Crippen LogP contribution in [0, 0.1) is 0 Å². The van der Waals surface area contributed by atoms with E-state index in [1.54, 1.807) is 0 Å². The maximum atomic E-state index is 6.83. The molecule has 2 aliphatic carbocycles. The number of fused-ring (bicyclic) bond motifs is 15. The van der Waals surface area contributed by atoms with Gasteiger partial charge in [-0.15, -0.1) is 0 Å². The molecule has 2 aromatic heterocycles. The van der Waals surface area contributed by atoms with E-state index in [-0.39, 0.29) is 0 Å². The maximum absolute atomic E-state index is 6.83. The Morgan fingerprint density at radius 2 is 1.13 bits per heavy atom. The van der Waals surface area contributed by atoms with E-state index in [0.29, 0.717) is 0 Å². The number of furan rings is 1. The molecule has 2 aliphatic rings. The zero-order valence-electron chi connectivity index (χ0n) is 28.6. The highest BCUT2D eigenvalue weighted by atomic mass is 16.3. The Kier molecular flexibility index (Phi) is 5.70. The van der Waals surface area contributed by atoms with Crippen molar-refractivity contribution in [3.63, 3.8) is 0 Å². The van der Waals surface area contributed by atoms with E-state index >= 15 is 0 Å². The fraction of sp³-hybridized carbons (Fsp3) is 0.0200. The summed E-state index contributed by atoms with van der Waals surface area (Å²) in [4.78, 5) is 5.15. The second-order valence-electron chi connectivity index (χ2n) is 14.2. The summed E-state index contributed by atoms with van der Waals surface area (Å²) >= 11 is 0. The van der Waals surface area contributed by atoms with Crippen molar-refractivity contribution in [2.24, 2.45) is 0 Å². The van der Waals surface area contributed by atoms with Crippen LogP contribution in [0.5, 0.6) is 0 Å². The number of imidazole rings is 1. The summed E-state index contributed by atoms with van der Waals surface area (Å²) in [5.74, 6) is 0.928. The highest BCUT2D eigenvalue weighted by Crippen LogP contribution is 2.65. The van der Waals surface area contributed by atoms with E-state index < -0.39 is 5.41 Å². The number of rotatable bonds is 3. The van der Waals surface area contributed by atoms with Gasteiger partial charge in [0.05, 0.1) is 16.4 Å². The van der Waals surface area contributed by atoms with Crippen LogP contribution >= 0.6 is 0 Å². The van der Waals surface area contributed by atoms with E-state index in [1.165, 1.54) is 50.1 Å². The van der Waals surface area contributed by atoms with E-state index in [2.05, 4.69) is 187 Å². The van der Waals surface area contributed by atoms with Crippen molar-refractivity contribution < 1.29 is 4.42 Å². The van der Waals surface area contributed by atoms with E-state index in [4.69, 9.17) is 9.40 Å². The van der Waals surface area contributed by atoms with Crippen molar-refractivity contribution in [2.45, 2.75) is 5.41 Å². The molecule has 1 spiro atoms. The third-order valence-corrected chi connectivity index (χ3v) is 11.6. The van der Waals surface area contributed by atoms with Crippen molar-refractivity contribution in [2.75, 3.05) is 0 Å². The van der Waals surface area contributed by atoms with Gasteiger partial charge >= 0.3 is 0 Å². The molecule has 2 heterocycles. The normalized spacial score (nSPS) is 13.4. The molecule has 10 aromatic rings. The Balaban J connectivity index is 1.18. The summed E-state index contributed by atoms with van der Waals surface area (Å²) in [5, 5.41) is 2.29. The quantitative estimate of drug-likeness (QED) is 0.187. The lowest BCUT2D eigenvalue weighted by Crippen LogP contribution is -2.26. The van der Waals surface area contributed by atoms with Crippen molar-refractivity contribution in [3.05, 3.63) is 204 Å². The first-order valence-corrected chi connectivity index (χ1v) is 18.2. The Labute approximate surface area is 306 Å². The molecule has 0 amide bonds. The van der Waals surface area contributed by atoms with Crippen molar-refractivity contribution in [1.82, 2.24) is 9.55 Å². The first-order valence-electron chi connectivity index (χ1n) is 18.2. The lowest BCUT2D eigenvalue weighted by Gasteiger charge is -2.32. The average Bonchev–Trinajstić information content (AvgIpc) is 3.96. The molecule has 0 saturated carbocycles. The lowest BCUT2D eigenvalue weighted by molar-refractivity contribution is 0.669. The van der Waals surface area contributed by atoms with Crippen LogP contribution in [0.3, 0.4) is 0 Å². The zero-order valence-corrected chi connectivity index (χ0v) is 28.6. The monoisotopic (exact) mass is 674 g/mol. The molecular formula is C50H30N2O. The van der Waals surface area contributed by atoms with Gasteiger partial charge in [-0.25, -0.2) is 4.98 Å². The standard InChI is InChI=1S/C50H30N2O/c1-2-14-31(15-3-1)49-51-43-25-9-10-26-44(43)52(49)33-17-12-16-32(30-33)34-21-13-22-39-46-42(29-28-38-37-20-6-11-27-45(37)53-48(38)46)50(47(34)39)40-23-7-4-18-35(40)36-19-5-8-24-41(36)50/h1-30H. The summed E-state index contributed by atoms with van der Waals surface area (Å²) in [6, 6.07) is 65.8. The van der Waals surface area contributed by atoms with Crippen LogP contribution in [0.1, 0.15) is 22.3 Å². The molecule has 0 radical (unpaired) electrons. The molecule has 3 heteroatoms. The third kappa shape index (κ3) is 3.70. The highest BCUT2D eigenvalue weighted by molar-refractivity contribution is 6.14. The number of para-hydroxylation sites is 3. The topological polar surface area (TPSA) is 31.0 Å². The molecule has 0 fully saturated rings.